The molecule has 4 rings (SSSR count). The highest BCUT2D eigenvalue weighted by Gasteiger charge is 2.16. The van der Waals surface area contributed by atoms with Crippen molar-refractivity contribution in [1.82, 2.24) is 19.3 Å². The molecule has 2 heterocycles. The number of hydrogen-bond donors (Lipinski definition) is 0. The van der Waals surface area contributed by atoms with Crippen LogP contribution in [-0.2, 0) is 13.1 Å². The summed E-state index contributed by atoms with van der Waals surface area (Å²) in [6.45, 7) is 2.93. The van der Waals surface area contributed by atoms with Crippen LogP contribution in [0, 0.1) is 0 Å². The normalized spacial score (nSPS) is 11.3. The fourth-order valence-corrected chi connectivity index (χ4v) is 3.29. The quantitative estimate of drug-likeness (QED) is 0.534. The number of aryl methyl sites for hydroxylation is 1. The van der Waals surface area contributed by atoms with Crippen LogP contribution >= 0.6 is 11.6 Å². The maximum Gasteiger partial charge on any atom is 0.329 e. The van der Waals surface area contributed by atoms with Crippen molar-refractivity contribution in [3.8, 4) is 11.4 Å². The molecule has 0 saturated heterocycles. The summed E-state index contributed by atoms with van der Waals surface area (Å²) in [5.74, 6) is 0.775. The van der Waals surface area contributed by atoms with Crippen LogP contribution in [0.2, 0.25) is 5.02 Å². The van der Waals surface area contributed by atoms with Crippen LogP contribution in [0.3, 0.4) is 0 Å². The van der Waals surface area contributed by atoms with Crippen molar-refractivity contribution in [1.29, 1.82) is 0 Å². The lowest BCUT2D eigenvalue weighted by atomic mass is 10.2. The fourth-order valence-electron chi connectivity index (χ4n) is 3.07. The van der Waals surface area contributed by atoms with Crippen LogP contribution in [0.1, 0.15) is 19.2 Å². The zero-order chi connectivity index (χ0) is 18.1. The first-order valence-corrected chi connectivity index (χ1v) is 8.82. The Morgan fingerprint density at radius 3 is 2.46 bits per heavy atom. The predicted molar refractivity (Wildman–Crippen MR) is 100 cm³/mol. The number of halogens is 1. The van der Waals surface area contributed by atoms with Crippen molar-refractivity contribution in [2.24, 2.45) is 0 Å². The van der Waals surface area contributed by atoms with E-state index in [0.717, 1.165) is 17.5 Å². The van der Waals surface area contributed by atoms with Crippen molar-refractivity contribution in [2.45, 2.75) is 26.4 Å². The van der Waals surface area contributed by atoms with Crippen molar-refractivity contribution in [3.63, 3.8) is 0 Å². The first-order valence-electron chi connectivity index (χ1n) is 8.44. The SMILES string of the molecule is CCCn1c(=O)n(Cc2nc(-c3ccccc3Cl)no2)c2ccccc21. The molecule has 0 atom stereocenters. The fraction of sp³-hybridized carbons (Fsp3) is 0.211. The molecular weight excluding hydrogens is 352 g/mol. The third-order valence-electron chi connectivity index (χ3n) is 4.25. The summed E-state index contributed by atoms with van der Waals surface area (Å²) in [4.78, 5) is 17.2. The van der Waals surface area contributed by atoms with Crippen molar-refractivity contribution < 1.29 is 4.52 Å². The van der Waals surface area contributed by atoms with Crippen molar-refractivity contribution >= 4 is 22.6 Å². The third kappa shape index (κ3) is 2.82. The van der Waals surface area contributed by atoms with E-state index >= 15 is 0 Å². The molecule has 0 bridgehead atoms. The number of para-hydroxylation sites is 2. The van der Waals surface area contributed by atoms with Gasteiger partial charge in [-0.05, 0) is 30.7 Å². The number of aromatic nitrogens is 4. The molecule has 0 radical (unpaired) electrons. The van der Waals surface area contributed by atoms with Gasteiger partial charge in [0.25, 0.3) is 0 Å². The minimum absolute atomic E-state index is 0.0782. The Bertz CT molecular complexity index is 1130. The number of benzene rings is 2. The Morgan fingerprint density at radius 2 is 1.73 bits per heavy atom. The van der Waals surface area contributed by atoms with E-state index in [1.807, 2.05) is 49.4 Å². The molecule has 0 aliphatic carbocycles. The molecule has 26 heavy (non-hydrogen) atoms. The largest absolute Gasteiger partial charge is 0.337 e. The molecule has 0 N–H and O–H groups in total. The lowest BCUT2D eigenvalue weighted by molar-refractivity contribution is 0.370. The first kappa shape index (κ1) is 16.6. The Hall–Kier alpha value is -2.86. The zero-order valence-electron chi connectivity index (χ0n) is 14.2. The van der Waals surface area contributed by atoms with Gasteiger partial charge in [0.05, 0.1) is 16.1 Å². The molecule has 0 amide bonds. The molecule has 0 fully saturated rings. The average Bonchev–Trinajstić information content (AvgIpc) is 3.22. The monoisotopic (exact) mass is 368 g/mol. The number of imidazole rings is 1. The highest BCUT2D eigenvalue weighted by molar-refractivity contribution is 6.33. The summed E-state index contributed by atoms with van der Waals surface area (Å²) in [5.41, 5.74) is 2.38. The Morgan fingerprint density at radius 1 is 1.04 bits per heavy atom. The van der Waals surface area contributed by atoms with Gasteiger partial charge in [-0.1, -0.05) is 47.9 Å². The molecule has 0 aliphatic heterocycles. The minimum Gasteiger partial charge on any atom is -0.337 e. The van der Waals surface area contributed by atoms with Gasteiger partial charge >= 0.3 is 5.69 Å². The molecule has 6 nitrogen and oxygen atoms in total. The van der Waals surface area contributed by atoms with E-state index in [0.29, 0.717) is 28.8 Å². The molecule has 132 valence electrons. The van der Waals surface area contributed by atoms with E-state index in [4.69, 9.17) is 16.1 Å². The molecule has 4 aromatic rings. The van der Waals surface area contributed by atoms with Crippen LogP contribution in [0.15, 0.2) is 57.8 Å². The molecule has 2 aromatic carbocycles. The molecule has 0 saturated carbocycles. The van der Waals surface area contributed by atoms with E-state index in [1.54, 1.807) is 15.2 Å². The molecule has 0 aliphatic rings. The lowest BCUT2D eigenvalue weighted by Gasteiger charge is -1.98. The van der Waals surface area contributed by atoms with Gasteiger partial charge in [-0.2, -0.15) is 4.98 Å². The summed E-state index contributed by atoms with van der Waals surface area (Å²) in [5, 5.41) is 4.56. The molecule has 0 spiro atoms. The smallest absolute Gasteiger partial charge is 0.329 e. The number of nitrogens with zero attached hydrogens (tertiary/aromatic N) is 4. The first-order chi connectivity index (χ1) is 12.7. The summed E-state index contributed by atoms with van der Waals surface area (Å²) < 4.78 is 8.80. The maximum atomic E-state index is 12.8. The summed E-state index contributed by atoms with van der Waals surface area (Å²) in [6, 6.07) is 15.0. The minimum atomic E-state index is -0.0782. The van der Waals surface area contributed by atoms with E-state index in [2.05, 4.69) is 10.1 Å². The number of rotatable bonds is 5. The van der Waals surface area contributed by atoms with E-state index in [-0.39, 0.29) is 12.2 Å². The standard InChI is InChI=1S/C19H17ClN4O2/c1-2-11-23-15-9-5-6-10-16(15)24(19(23)25)12-17-21-18(22-26-17)13-7-3-4-8-14(13)20/h3-10H,2,11-12H2,1H3. The van der Waals surface area contributed by atoms with Gasteiger partial charge in [0.1, 0.15) is 6.54 Å². The Balaban J connectivity index is 1.74. The number of fused-ring (bicyclic) bond motifs is 1. The van der Waals surface area contributed by atoms with Gasteiger partial charge in [-0.3, -0.25) is 9.13 Å². The second-order valence-electron chi connectivity index (χ2n) is 6.00. The zero-order valence-corrected chi connectivity index (χ0v) is 15.0. The maximum absolute atomic E-state index is 12.8. The van der Waals surface area contributed by atoms with Crippen molar-refractivity contribution in [2.75, 3.05) is 0 Å². The number of hydrogen-bond acceptors (Lipinski definition) is 4. The summed E-state index contributed by atoms with van der Waals surface area (Å²) >= 11 is 6.19. The molecular formula is C19H17ClN4O2. The molecule has 2 aromatic heterocycles. The van der Waals surface area contributed by atoms with Crippen LogP contribution in [0.5, 0.6) is 0 Å². The molecule has 0 unspecified atom stereocenters. The lowest BCUT2D eigenvalue weighted by Crippen LogP contribution is -2.24. The van der Waals surface area contributed by atoms with Gasteiger partial charge in [0.15, 0.2) is 0 Å². The molecule has 7 heteroatoms. The second kappa shape index (κ2) is 6.80. The van der Waals surface area contributed by atoms with Gasteiger partial charge in [0.2, 0.25) is 11.7 Å². The summed E-state index contributed by atoms with van der Waals surface area (Å²) in [7, 11) is 0. The van der Waals surface area contributed by atoms with Crippen LogP contribution < -0.4 is 5.69 Å². The van der Waals surface area contributed by atoms with E-state index in [1.165, 1.54) is 0 Å². The predicted octanol–water partition coefficient (Wildman–Crippen LogP) is 3.96. The van der Waals surface area contributed by atoms with Crippen LogP contribution in [0.25, 0.3) is 22.4 Å². The highest BCUT2D eigenvalue weighted by atomic mass is 35.5. The van der Waals surface area contributed by atoms with Gasteiger partial charge < -0.3 is 4.52 Å². The van der Waals surface area contributed by atoms with Crippen LogP contribution in [0.4, 0.5) is 0 Å². The summed E-state index contributed by atoms with van der Waals surface area (Å²) in [6.07, 6.45) is 0.880. The van der Waals surface area contributed by atoms with E-state index in [9.17, 15) is 4.79 Å². The van der Waals surface area contributed by atoms with Gasteiger partial charge in [-0.25, -0.2) is 4.79 Å². The van der Waals surface area contributed by atoms with Crippen LogP contribution in [-0.4, -0.2) is 19.3 Å². The Kier molecular flexibility index (Phi) is 4.34. The van der Waals surface area contributed by atoms with Gasteiger partial charge in [-0.15, -0.1) is 0 Å². The topological polar surface area (TPSA) is 65.8 Å². The second-order valence-corrected chi connectivity index (χ2v) is 6.41. The average molecular weight is 369 g/mol. The van der Waals surface area contributed by atoms with E-state index < -0.39 is 0 Å². The van der Waals surface area contributed by atoms with Crippen molar-refractivity contribution in [3.05, 3.63) is 69.9 Å². The third-order valence-corrected chi connectivity index (χ3v) is 4.58. The highest BCUT2D eigenvalue weighted by Crippen LogP contribution is 2.25. The Labute approximate surface area is 154 Å². The van der Waals surface area contributed by atoms with Gasteiger partial charge in [0, 0.05) is 12.1 Å².